The van der Waals surface area contributed by atoms with Gasteiger partial charge in [-0.3, -0.25) is 4.79 Å². The van der Waals surface area contributed by atoms with Gasteiger partial charge >= 0.3 is 0 Å². The number of hydrogen-bond acceptors (Lipinski definition) is 4. The molecule has 1 aliphatic heterocycles. The Hall–Kier alpha value is -1.26. The highest BCUT2D eigenvalue weighted by Gasteiger charge is 2.38. The molecule has 19 heavy (non-hydrogen) atoms. The fourth-order valence-corrected chi connectivity index (χ4v) is 3.81. The number of carbonyl (C=O) groups excluding carboxylic acids is 1. The molecule has 0 radical (unpaired) electrons. The van der Waals surface area contributed by atoms with Crippen molar-refractivity contribution in [2.75, 3.05) is 6.54 Å². The molecule has 1 aliphatic rings. The number of aromatic nitrogens is 1. The third kappa shape index (κ3) is 2.30. The first-order valence-electron chi connectivity index (χ1n) is 6.86. The molecule has 1 atom stereocenters. The van der Waals surface area contributed by atoms with E-state index in [0.29, 0.717) is 12.2 Å². The third-order valence-corrected chi connectivity index (χ3v) is 5.07. The minimum absolute atomic E-state index is 0.294. The lowest BCUT2D eigenvalue weighted by Gasteiger charge is -2.25. The highest BCUT2D eigenvalue weighted by atomic mass is 32.1. The van der Waals surface area contributed by atoms with E-state index in [2.05, 4.69) is 23.3 Å². The number of thiazole rings is 1. The average Bonchev–Trinajstić information content (AvgIpc) is 3.05. The summed E-state index contributed by atoms with van der Waals surface area (Å²) in [5, 5.41) is 4.34. The van der Waals surface area contributed by atoms with E-state index in [1.807, 2.05) is 18.2 Å². The second kappa shape index (κ2) is 5.02. The minimum atomic E-state index is -0.294. The lowest BCUT2D eigenvalue weighted by molar-refractivity contribution is -0.124. The van der Waals surface area contributed by atoms with Gasteiger partial charge in [0, 0.05) is 0 Å². The molecule has 1 aromatic carbocycles. The van der Waals surface area contributed by atoms with Gasteiger partial charge in [0.05, 0.1) is 22.2 Å². The number of fused-ring (bicyclic) bond motifs is 1. The lowest BCUT2D eigenvalue weighted by Crippen LogP contribution is -2.47. The van der Waals surface area contributed by atoms with Crippen molar-refractivity contribution in [1.82, 2.24) is 10.3 Å². The topological polar surface area (TPSA) is 42.0 Å². The molecule has 0 spiro atoms. The van der Waals surface area contributed by atoms with Crippen LogP contribution in [0.25, 0.3) is 10.2 Å². The van der Waals surface area contributed by atoms with Crippen LogP contribution in [0.15, 0.2) is 24.3 Å². The number of nitrogens with zero attached hydrogens (tertiary/aromatic N) is 1. The Bertz CT molecular complexity index is 566. The zero-order chi connectivity index (χ0) is 13.3. The van der Waals surface area contributed by atoms with E-state index >= 15 is 0 Å². The van der Waals surface area contributed by atoms with Gasteiger partial charge in [0.1, 0.15) is 5.01 Å². The van der Waals surface area contributed by atoms with Crippen LogP contribution in [-0.4, -0.2) is 22.9 Å². The summed E-state index contributed by atoms with van der Waals surface area (Å²) in [6.45, 7) is 3.05. The molecule has 1 aromatic heterocycles. The third-order valence-electron chi connectivity index (χ3n) is 4.03. The zero-order valence-corrected chi connectivity index (χ0v) is 11.9. The maximum atomic E-state index is 12.5. The van der Waals surface area contributed by atoms with Gasteiger partial charge < -0.3 is 5.32 Å². The van der Waals surface area contributed by atoms with Gasteiger partial charge in [-0.1, -0.05) is 19.1 Å². The summed E-state index contributed by atoms with van der Waals surface area (Å²) in [5.41, 5.74) is 0.706. The second-order valence-electron chi connectivity index (χ2n) is 5.14. The van der Waals surface area contributed by atoms with Gasteiger partial charge in [0.25, 0.3) is 0 Å². The van der Waals surface area contributed by atoms with Gasteiger partial charge in [-0.25, -0.2) is 4.98 Å². The SMILES string of the molecule is CCC1(C(=O)Cc2nc3ccccc3s2)CCCN1. The number of ketones is 1. The van der Waals surface area contributed by atoms with Crippen LogP contribution < -0.4 is 5.32 Å². The quantitative estimate of drug-likeness (QED) is 0.932. The largest absolute Gasteiger partial charge is 0.305 e. The van der Waals surface area contributed by atoms with E-state index in [9.17, 15) is 4.79 Å². The van der Waals surface area contributed by atoms with Gasteiger partial charge in [0.15, 0.2) is 5.78 Å². The molecule has 0 bridgehead atoms. The maximum Gasteiger partial charge on any atom is 0.159 e. The van der Waals surface area contributed by atoms with E-state index in [0.717, 1.165) is 41.0 Å². The van der Waals surface area contributed by atoms with Crippen LogP contribution in [0, 0.1) is 0 Å². The van der Waals surface area contributed by atoms with Crippen LogP contribution in [-0.2, 0) is 11.2 Å². The van der Waals surface area contributed by atoms with Crippen molar-refractivity contribution >= 4 is 27.3 Å². The normalized spacial score (nSPS) is 23.0. The second-order valence-corrected chi connectivity index (χ2v) is 6.26. The van der Waals surface area contributed by atoms with Gasteiger partial charge in [0.2, 0.25) is 0 Å². The van der Waals surface area contributed by atoms with Gasteiger partial charge in [-0.15, -0.1) is 11.3 Å². The van der Waals surface area contributed by atoms with E-state index < -0.39 is 0 Å². The van der Waals surface area contributed by atoms with Crippen LogP contribution in [0.1, 0.15) is 31.2 Å². The number of nitrogens with one attached hydrogen (secondary N) is 1. The van der Waals surface area contributed by atoms with Crippen LogP contribution in [0.3, 0.4) is 0 Å². The molecular formula is C15H18N2OS. The first-order chi connectivity index (χ1) is 9.23. The Morgan fingerprint density at radius 1 is 1.47 bits per heavy atom. The number of hydrogen-bond donors (Lipinski definition) is 1. The van der Waals surface area contributed by atoms with E-state index in [-0.39, 0.29) is 5.54 Å². The summed E-state index contributed by atoms with van der Waals surface area (Å²) in [5.74, 6) is 0.298. The van der Waals surface area contributed by atoms with Crippen molar-refractivity contribution < 1.29 is 4.79 Å². The van der Waals surface area contributed by atoms with Crippen molar-refractivity contribution in [3.63, 3.8) is 0 Å². The van der Waals surface area contributed by atoms with Crippen LogP contribution in [0.2, 0.25) is 0 Å². The first-order valence-corrected chi connectivity index (χ1v) is 7.68. The van der Waals surface area contributed by atoms with Gasteiger partial charge in [-0.05, 0) is 37.9 Å². The molecule has 3 rings (SSSR count). The van der Waals surface area contributed by atoms with E-state index in [4.69, 9.17) is 0 Å². The summed E-state index contributed by atoms with van der Waals surface area (Å²) in [6.07, 6.45) is 3.39. The van der Waals surface area contributed by atoms with Crippen molar-refractivity contribution in [3.8, 4) is 0 Å². The molecule has 4 heteroatoms. The van der Waals surface area contributed by atoms with Crippen molar-refractivity contribution in [1.29, 1.82) is 0 Å². The molecule has 0 saturated carbocycles. The van der Waals surface area contributed by atoms with Crippen molar-refractivity contribution in [2.24, 2.45) is 0 Å². The number of Topliss-reactive ketones (excluding diaryl/α,β-unsaturated/α-hetero) is 1. The monoisotopic (exact) mass is 274 g/mol. The lowest BCUT2D eigenvalue weighted by atomic mass is 9.88. The minimum Gasteiger partial charge on any atom is -0.305 e. The summed E-state index contributed by atoms with van der Waals surface area (Å²) in [6, 6.07) is 8.06. The van der Waals surface area contributed by atoms with Crippen LogP contribution in [0.5, 0.6) is 0 Å². The summed E-state index contributed by atoms with van der Waals surface area (Å²) in [7, 11) is 0. The summed E-state index contributed by atoms with van der Waals surface area (Å²) < 4.78 is 1.16. The fraction of sp³-hybridized carbons (Fsp3) is 0.467. The standard InChI is InChI=1S/C15H18N2OS/c1-2-15(8-5-9-16-15)13(18)10-14-17-11-6-3-4-7-12(11)19-14/h3-4,6-7,16H,2,5,8-10H2,1H3. The Morgan fingerprint density at radius 2 is 2.32 bits per heavy atom. The molecule has 100 valence electrons. The Morgan fingerprint density at radius 3 is 3.00 bits per heavy atom. The van der Waals surface area contributed by atoms with Crippen molar-refractivity contribution in [2.45, 2.75) is 38.1 Å². The Kier molecular flexibility index (Phi) is 3.37. The van der Waals surface area contributed by atoms with Crippen molar-refractivity contribution in [3.05, 3.63) is 29.3 Å². The summed E-state index contributed by atoms with van der Waals surface area (Å²) in [4.78, 5) is 17.1. The van der Waals surface area contributed by atoms with Crippen LogP contribution >= 0.6 is 11.3 Å². The molecule has 1 N–H and O–H groups in total. The molecule has 1 unspecified atom stereocenters. The smallest absolute Gasteiger partial charge is 0.159 e. The molecule has 1 saturated heterocycles. The maximum absolute atomic E-state index is 12.5. The van der Waals surface area contributed by atoms with Crippen LogP contribution in [0.4, 0.5) is 0 Å². The molecule has 2 aromatic rings. The predicted molar refractivity (Wildman–Crippen MR) is 78.6 cm³/mol. The highest BCUT2D eigenvalue weighted by Crippen LogP contribution is 2.28. The molecule has 2 heterocycles. The number of rotatable bonds is 4. The Labute approximate surface area is 117 Å². The fourth-order valence-electron chi connectivity index (χ4n) is 2.85. The first kappa shape index (κ1) is 12.8. The zero-order valence-electron chi connectivity index (χ0n) is 11.1. The number of benzene rings is 1. The molecule has 1 fully saturated rings. The molecular weight excluding hydrogens is 256 g/mol. The number of para-hydroxylation sites is 1. The van der Waals surface area contributed by atoms with E-state index in [1.165, 1.54) is 0 Å². The average molecular weight is 274 g/mol. The number of carbonyl (C=O) groups is 1. The Balaban J connectivity index is 1.82. The molecule has 3 nitrogen and oxygen atoms in total. The molecule has 0 amide bonds. The molecule has 0 aliphatic carbocycles. The highest BCUT2D eigenvalue weighted by molar-refractivity contribution is 7.18. The summed E-state index contributed by atoms with van der Waals surface area (Å²) >= 11 is 1.63. The van der Waals surface area contributed by atoms with Gasteiger partial charge in [-0.2, -0.15) is 0 Å². The van der Waals surface area contributed by atoms with E-state index in [1.54, 1.807) is 11.3 Å². The predicted octanol–water partition coefficient (Wildman–Crippen LogP) is 2.94.